The summed E-state index contributed by atoms with van der Waals surface area (Å²) >= 11 is 4.79. The highest BCUT2D eigenvalue weighted by Crippen LogP contribution is 2.28. The second kappa shape index (κ2) is 8.96. The summed E-state index contributed by atoms with van der Waals surface area (Å²) in [6.07, 6.45) is 0.977. The number of halogens is 1. The van der Waals surface area contributed by atoms with E-state index < -0.39 is 0 Å². The van der Waals surface area contributed by atoms with Crippen LogP contribution in [0.4, 0.5) is 10.8 Å². The van der Waals surface area contributed by atoms with Gasteiger partial charge in [0.15, 0.2) is 5.13 Å². The Labute approximate surface area is 169 Å². The highest BCUT2D eigenvalue weighted by Gasteiger charge is 2.08. The molecule has 2 amide bonds. The molecule has 0 aliphatic rings. The summed E-state index contributed by atoms with van der Waals surface area (Å²) in [5, 5.41) is 6.10. The number of carbonyl (C=O) groups excluding carboxylic acids is 2. The third-order valence-electron chi connectivity index (χ3n) is 3.60. The van der Waals surface area contributed by atoms with Crippen LogP contribution in [0, 0.1) is 0 Å². The SMILES string of the molecule is CC(=O)Nc1nc2ccc(NC(=O)CCCOc3ccccc3Br)cc2s1. The molecule has 3 rings (SSSR count). The van der Waals surface area contributed by atoms with Crippen molar-refractivity contribution in [3.05, 3.63) is 46.9 Å². The van der Waals surface area contributed by atoms with E-state index in [1.54, 1.807) is 6.07 Å². The first kappa shape index (κ1) is 19.3. The maximum absolute atomic E-state index is 12.1. The molecule has 0 aliphatic carbocycles. The quantitative estimate of drug-likeness (QED) is 0.508. The van der Waals surface area contributed by atoms with Gasteiger partial charge in [-0.3, -0.25) is 9.59 Å². The third-order valence-corrected chi connectivity index (χ3v) is 5.19. The third kappa shape index (κ3) is 5.51. The van der Waals surface area contributed by atoms with E-state index in [9.17, 15) is 9.59 Å². The maximum Gasteiger partial charge on any atom is 0.224 e. The number of amides is 2. The molecule has 2 N–H and O–H groups in total. The zero-order chi connectivity index (χ0) is 19.2. The predicted octanol–water partition coefficient (Wildman–Crippen LogP) is 4.81. The molecule has 8 heteroatoms. The van der Waals surface area contributed by atoms with Gasteiger partial charge in [0.05, 0.1) is 21.3 Å². The second-order valence-electron chi connectivity index (χ2n) is 5.81. The average molecular weight is 448 g/mol. The van der Waals surface area contributed by atoms with Crippen molar-refractivity contribution >= 4 is 60.1 Å². The fourth-order valence-electron chi connectivity index (χ4n) is 2.41. The minimum Gasteiger partial charge on any atom is -0.492 e. The molecule has 140 valence electrons. The lowest BCUT2D eigenvalue weighted by molar-refractivity contribution is -0.116. The molecule has 2 aromatic carbocycles. The highest BCUT2D eigenvalue weighted by atomic mass is 79.9. The highest BCUT2D eigenvalue weighted by molar-refractivity contribution is 9.10. The van der Waals surface area contributed by atoms with Crippen molar-refractivity contribution in [2.75, 3.05) is 17.2 Å². The molecular weight excluding hydrogens is 430 g/mol. The van der Waals surface area contributed by atoms with Crippen LogP contribution in [-0.4, -0.2) is 23.4 Å². The Morgan fingerprint density at radius 2 is 2.00 bits per heavy atom. The summed E-state index contributed by atoms with van der Waals surface area (Å²) in [5.41, 5.74) is 1.49. The van der Waals surface area contributed by atoms with Crippen molar-refractivity contribution in [3.8, 4) is 5.75 Å². The normalized spacial score (nSPS) is 10.6. The van der Waals surface area contributed by atoms with Gasteiger partial charge in [-0.15, -0.1) is 0 Å². The Balaban J connectivity index is 1.50. The zero-order valence-corrected chi connectivity index (χ0v) is 17.0. The van der Waals surface area contributed by atoms with Crippen LogP contribution in [0.2, 0.25) is 0 Å². The average Bonchev–Trinajstić information content (AvgIpc) is 3.00. The van der Waals surface area contributed by atoms with Crippen LogP contribution in [0.5, 0.6) is 5.75 Å². The van der Waals surface area contributed by atoms with Crippen molar-refractivity contribution in [1.29, 1.82) is 0 Å². The van der Waals surface area contributed by atoms with Gasteiger partial charge in [0.25, 0.3) is 0 Å². The number of anilines is 2. The first-order valence-corrected chi connectivity index (χ1v) is 9.97. The number of fused-ring (bicyclic) bond motifs is 1. The molecule has 0 radical (unpaired) electrons. The number of carbonyl (C=O) groups is 2. The smallest absolute Gasteiger partial charge is 0.224 e. The van der Waals surface area contributed by atoms with Gasteiger partial charge in [-0.2, -0.15) is 0 Å². The van der Waals surface area contributed by atoms with Crippen LogP contribution in [-0.2, 0) is 9.59 Å². The number of nitrogens with one attached hydrogen (secondary N) is 2. The van der Waals surface area contributed by atoms with E-state index in [-0.39, 0.29) is 11.8 Å². The topological polar surface area (TPSA) is 80.3 Å². The standard InChI is InChI=1S/C19H18BrN3O3S/c1-12(24)21-19-23-15-9-8-13(11-17(15)27-19)22-18(25)7-4-10-26-16-6-3-2-5-14(16)20/h2-3,5-6,8-9,11H,4,7,10H2,1H3,(H,22,25)(H,21,23,24). The fraction of sp³-hybridized carbons (Fsp3) is 0.211. The number of benzene rings is 2. The monoisotopic (exact) mass is 447 g/mol. The van der Waals surface area contributed by atoms with E-state index in [0.717, 1.165) is 20.4 Å². The summed E-state index contributed by atoms with van der Waals surface area (Å²) in [6.45, 7) is 1.90. The summed E-state index contributed by atoms with van der Waals surface area (Å²) in [6, 6.07) is 13.1. The van der Waals surface area contributed by atoms with Gasteiger partial charge in [0.1, 0.15) is 5.75 Å². The lowest BCUT2D eigenvalue weighted by atomic mass is 10.2. The minimum absolute atomic E-state index is 0.0725. The second-order valence-corrected chi connectivity index (χ2v) is 7.70. The van der Waals surface area contributed by atoms with Crippen molar-refractivity contribution < 1.29 is 14.3 Å². The Bertz CT molecular complexity index is 974. The molecule has 27 heavy (non-hydrogen) atoms. The fourth-order valence-corrected chi connectivity index (χ4v) is 3.76. The molecule has 0 atom stereocenters. The molecule has 1 aromatic heterocycles. The van der Waals surface area contributed by atoms with Crippen molar-refractivity contribution in [2.24, 2.45) is 0 Å². The van der Waals surface area contributed by atoms with Crippen LogP contribution in [0.25, 0.3) is 10.2 Å². The van der Waals surface area contributed by atoms with E-state index in [2.05, 4.69) is 31.5 Å². The van der Waals surface area contributed by atoms with Gasteiger partial charge in [0, 0.05) is 19.0 Å². The van der Waals surface area contributed by atoms with Crippen LogP contribution >= 0.6 is 27.3 Å². The van der Waals surface area contributed by atoms with Gasteiger partial charge in [0.2, 0.25) is 11.8 Å². The molecular formula is C19H18BrN3O3S. The molecule has 0 saturated heterocycles. The number of para-hydroxylation sites is 1. The summed E-state index contributed by atoms with van der Waals surface area (Å²) in [5.74, 6) is 0.535. The molecule has 3 aromatic rings. The number of thiazole rings is 1. The number of rotatable bonds is 7. The molecule has 0 bridgehead atoms. The van der Waals surface area contributed by atoms with Crippen LogP contribution in [0.3, 0.4) is 0 Å². The van der Waals surface area contributed by atoms with E-state index in [4.69, 9.17) is 4.74 Å². The maximum atomic E-state index is 12.1. The summed E-state index contributed by atoms with van der Waals surface area (Å²) < 4.78 is 7.45. The van der Waals surface area contributed by atoms with E-state index in [1.165, 1.54) is 18.3 Å². The summed E-state index contributed by atoms with van der Waals surface area (Å²) in [7, 11) is 0. The van der Waals surface area contributed by atoms with Gasteiger partial charge >= 0.3 is 0 Å². The number of ether oxygens (including phenoxy) is 1. The van der Waals surface area contributed by atoms with Gasteiger partial charge < -0.3 is 15.4 Å². The Morgan fingerprint density at radius 1 is 1.19 bits per heavy atom. The molecule has 0 spiro atoms. The molecule has 0 aliphatic heterocycles. The van der Waals surface area contributed by atoms with Crippen LogP contribution < -0.4 is 15.4 Å². The largest absolute Gasteiger partial charge is 0.492 e. The minimum atomic E-state index is -0.160. The molecule has 0 fully saturated rings. The van der Waals surface area contributed by atoms with Crippen molar-refractivity contribution in [1.82, 2.24) is 4.98 Å². The lowest BCUT2D eigenvalue weighted by Gasteiger charge is -2.08. The number of hydrogen-bond donors (Lipinski definition) is 2. The molecule has 0 saturated carbocycles. The number of hydrogen-bond acceptors (Lipinski definition) is 5. The van der Waals surface area contributed by atoms with E-state index in [1.807, 2.05) is 36.4 Å². The van der Waals surface area contributed by atoms with Gasteiger partial charge in [-0.25, -0.2) is 4.98 Å². The first-order valence-electron chi connectivity index (χ1n) is 8.36. The van der Waals surface area contributed by atoms with Gasteiger partial charge in [-0.05, 0) is 52.7 Å². The van der Waals surface area contributed by atoms with Gasteiger partial charge in [-0.1, -0.05) is 23.5 Å². The summed E-state index contributed by atoms with van der Waals surface area (Å²) in [4.78, 5) is 27.6. The van der Waals surface area contributed by atoms with Crippen LogP contribution in [0.15, 0.2) is 46.9 Å². The lowest BCUT2D eigenvalue weighted by Crippen LogP contribution is -2.12. The molecule has 0 unspecified atom stereocenters. The van der Waals surface area contributed by atoms with Crippen molar-refractivity contribution in [2.45, 2.75) is 19.8 Å². The Hall–Kier alpha value is -2.45. The Morgan fingerprint density at radius 3 is 2.78 bits per heavy atom. The van der Waals surface area contributed by atoms with E-state index >= 15 is 0 Å². The Kier molecular flexibility index (Phi) is 6.41. The first-order chi connectivity index (χ1) is 13.0. The predicted molar refractivity (Wildman–Crippen MR) is 111 cm³/mol. The number of nitrogens with zero attached hydrogens (tertiary/aromatic N) is 1. The molecule has 6 nitrogen and oxygen atoms in total. The van der Waals surface area contributed by atoms with Crippen LogP contribution in [0.1, 0.15) is 19.8 Å². The van der Waals surface area contributed by atoms with Crippen molar-refractivity contribution in [3.63, 3.8) is 0 Å². The van der Waals surface area contributed by atoms with E-state index in [0.29, 0.717) is 30.3 Å². The zero-order valence-electron chi connectivity index (χ0n) is 14.6. The molecule has 1 heterocycles. The number of aromatic nitrogens is 1.